The highest BCUT2D eigenvalue weighted by atomic mass is 32.1. The van der Waals surface area contributed by atoms with Crippen LogP contribution in [0.3, 0.4) is 0 Å². The summed E-state index contributed by atoms with van der Waals surface area (Å²) in [6, 6.07) is 0. The summed E-state index contributed by atoms with van der Waals surface area (Å²) in [4.78, 5) is 32.8. The van der Waals surface area contributed by atoms with E-state index in [1.807, 2.05) is 12.3 Å². The Morgan fingerprint density at radius 2 is 2.26 bits per heavy atom. The van der Waals surface area contributed by atoms with Crippen molar-refractivity contribution in [3.8, 4) is 0 Å². The van der Waals surface area contributed by atoms with Gasteiger partial charge in [0, 0.05) is 23.2 Å². The first-order valence-corrected chi connectivity index (χ1v) is 7.09. The van der Waals surface area contributed by atoms with Crippen LogP contribution in [0.2, 0.25) is 0 Å². The van der Waals surface area contributed by atoms with Crippen LogP contribution in [-0.2, 0) is 0 Å². The predicted molar refractivity (Wildman–Crippen MR) is 74.1 cm³/mol. The van der Waals surface area contributed by atoms with E-state index in [0.29, 0.717) is 10.1 Å². The van der Waals surface area contributed by atoms with Crippen molar-refractivity contribution in [3.05, 3.63) is 44.8 Å². The molecule has 0 aliphatic rings. The topological polar surface area (TPSA) is 76.4 Å². The van der Waals surface area contributed by atoms with E-state index in [2.05, 4.69) is 15.3 Å². The zero-order valence-electron chi connectivity index (χ0n) is 9.78. The van der Waals surface area contributed by atoms with E-state index < -0.39 is 5.91 Å². The van der Waals surface area contributed by atoms with Crippen molar-refractivity contribution >= 4 is 38.7 Å². The van der Waals surface area contributed by atoms with Crippen LogP contribution < -0.4 is 10.9 Å². The minimum absolute atomic E-state index is 0.00348. The Morgan fingerprint density at radius 1 is 1.42 bits per heavy atom. The average molecular weight is 292 g/mol. The van der Waals surface area contributed by atoms with Crippen LogP contribution in [0.5, 0.6) is 0 Å². The van der Waals surface area contributed by atoms with E-state index in [1.165, 1.54) is 33.3 Å². The van der Waals surface area contributed by atoms with E-state index in [0.717, 1.165) is 5.69 Å². The summed E-state index contributed by atoms with van der Waals surface area (Å²) < 4.78 is 1.35. The standard InChI is InChI=1S/C11H8N4O2S2/c1-6-5-19-10(13-6)14-8(16)7-4-12-11-15(9(7)17)2-3-18-11/h2-5H,1H3,(H,13,14,16). The zero-order chi connectivity index (χ0) is 13.4. The Bertz CT molecular complexity index is 817. The fourth-order valence-electron chi connectivity index (χ4n) is 1.56. The first kappa shape index (κ1) is 12.0. The second-order valence-electron chi connectivity index (χ2n) is 3.78. The first-order chi connectivity index (χ1) is 9.15. The number of rotatable bonds is 2. The molecule has 0 atom stereocenters. The number of hydrogen-bond acceptors (Lipinski definition) is 6. The molecule has 0 unspecified atom stereocenters. The minimum Gasteiger partial charge on any atom is -0.298 e. The Balaban J connectivity index is 1.97. The Labute approximate surface area is 115 Å². The molecule has 1 amide bonds. The molecule has 0 radical (unpaired) electrons. The second-order valence-corrected chi connectivity index (χ2v) is 5.51. The summed E-state index contributed by atoms with van der Waals surface area (Å²) in [5, 5.41) is 6.63. The molecule has 19 heavy (non-hydrogen) atoms. The number of amides is 1. The van der Waals surface area contributed by atoms with Crippen LogP contribution in [0.15, 0.2) is 27.9 Å². The average Bonchev–Trinajstić information content (AvgIpc) is 2.99. The van der Waals surface area contributed by atoms with Crippen LogP contribution in [0, 0.1) is 6.92 Å². The maximum Gasteiger partial charge on any atom is 0.271 e. The summed E-state index contributed by atoms with van der Waals surface area (Å²) in [6.07, 6.45) is 2.89. The van der Waals surface area contributed by atoms with Crippen LogP contribution in [-0.4, -0.2) is 20.3 Å². The molecular formula is C11H8N4O2S2. The monoisotopic (exact) mass is 292 g/mol. The van der Waals surface area contributed by atoms with Crippen LogP contribution >= 0.6 is 22.7 Å². The third-order valence-electron chi connectivity index (χ3n) is 2.43. The highest BCUT2D eigenvalue weighted by Gasteiger charge is 2.15. The van der Waals surface area contributed by atoms with E-state index in [4.69, 9.17) is 0 Å². The first-order valence-electron chi connectivity index (χ1n) is 5.33. The molecule has 0 aromatic carbocycles. The number of thiazole rings is 2. The van der Waals surface area contributed by atoms with Gasteiger partial charge in [0.05, 0.1) is 5.69 Å². The summed E-state index contributed by atoms with van der Waals surface area (Å²) >= 11 is 2.65. The van der Waals surface area contributed by atoms with Crippen molar-refractivity contribution in [3.63, 3.8) is 0 Å². The molecule has 0 spiro atoms. The van der Waals surface area contributed by atoms with Gasteiger partial charge >= 0.3 is 0 Å². The molecule has 3 rings (SSSR count). The van der Waals surface area contributed by atoms with Crippen molar-refractivity contribution in [1.82, 2.24) is 14.4 Å². The number of aromatic nitrogens is 3. The van der Waals surface area contributed by atoms with Gasteiger partial charge in [0.2, 0.25) is 0 Å². The van der Waals surface area contributed by atoms with Gasteiger partial charge in [-0.15, -0.1) is 22.7 Å². The molecule has 0 aliphatic heterocycles. The van der Waals surface area contributed by atoms with Crippen molar-refractivity contribution in [2.24, 2.45) is 0 Å². The molecule has 3 heterocycles. The summed E-state index contributed by atoms with van der Waals surface area (Å²) in [5.74, 6) is -0.493. The molecule has 0 fully saturated rings. The zero-order valence-corrected chi connectivity index (χ0v) is 11.4. The normalized spacial score (nSPS) is 10.8. The fourth-order valence-corrected chi connectivity index (χ4v) is 2.91. The lowest BCUT2D eigenvalue weighted by Gasteiger charge is -2.01. The summed E-state index contributed by atoms with van der Waals surface area (Å²) in [6.45, 7) is 1.83. The third-order valence-corrected chi connectivity index (χ3v) is 4.07. The quantitative estimate of drug-likeness (QED) is 0.781. The number of fused-ring (bicyclic) bond motifs is 1. The summed E-state index contributed by atoms with van der Waals surface area (Å²) in [5.41, 5.74) is 0.448. The minimum atomic E-state index is -0.493. The molecule has 0 saturated carbocycles. The van der Waals surface area contributed by atoms with Crippen molar-refractivity contribution in [1.29, 1.82) is 0 Å². The number of aryl methyl sites for hydroxylation is 1. The van der Waals surface area contributed by atoms with Gasteiger partial charge in [-0.25, -0.2) is 9.97 Å². The lowest BCUT2D eigenvalue weighted by Crippen LogP contribution is -2.25. The van der Waals surface area contributed by atoms with Crippen LogP contribution in [0.1, 0.15) is 16.1 Å². The molecule has 0 saturated heterocycles. The van der Waals surface area contributed by atoms with Gasteiger partial charge in [0.1, 0.15) is 5.56 Å². The van der Waals surface area contributed by atoms with E-state index in [1.54, 1.807) is 11.6 Å². The molecule has 6 nitrogen and oxygen atoms in total. The lowest BCUT2D eigenvalue weighted by molar-refractivity contribution is 0.102. The highest BCUT2D eigenvalue weighted by Crippen LogP contribution is 2.15. The largest absolute Gasteiger partial charge is 0.298 e. The molecule has 3 aromatic rings. The van der Waals surface area contributed by atoms with Gasteiger partial charge in [-0.05, 0) is 6.92 Å². The number of carbonyl (C=O) groups excluding carboxylic acids is 1. The Kier molecular flexibility index (Phi) is 2.88. The molecule has 3 aromatic heterocycles. The summed E-state index contributed by atoms with van der Waals surface area (Å²) in [7, 11) is 0. The predicted octanol–water partition coefficient (Wildman–Crippen LogP) is 1.77. The highest BCUT2D eigenvalue weighted by molar-refractivity contribution is 7.15. The van der Waals surface area contributed by atoms with Gasteiger partial charge < -0.3 is 0 Å². The fraction of sp³-hybridized carbons (Fsp3) is 0.0909. The van der Waals surface area contributed by atoms with E-state index in [-0.39, 0.29) is 11.1 Å². The van der Waals surface area contributed by atoms with Crippen molar-refractivity contribution < 1.29 is 4.79 Å². The van der Waals surface area contributed by atoms with Crippen molar-refractivity contribution in [2.45, 2.75) is 6.92 Å². The van der Waals surface area contributed by atoms with Gasteiger partial charge in [-0.2, -0.15) is 0 Å². The van der Waals surface area contributed by atoms with Gasteiger partial charge in [-0.1, -0.05) is 0 Å². The second kappa shape index (κ2) is 4.56. The molecule has 1 N–H and O–H groups in total. The molecule has 8 heteroatoms. The third kappa shape index (κ3) is 2.15. The number of hydrogen-bond donors (Lipinski definition) is 1. The number of nitrogens with zero attached hydrogens (tertiary/aromatic N) is 3. The lowest BCUT2D eigenvalue weighted by atomic mass is 10.3. The SMILES string of the molecule is Cc1csc(NC(=O)c2cnc3sccn3c2=O)n1. The van der Waals surface area contributed by atoms with E-state index >= 15 is 0 Å². The molecular weight excluding hydrogens is 284 g/mol. The smallest absolute Gasteiger partial charge is 0.271 e. The number of nitrogens with one attached hydrogen (secondary N) is 1. The van der Waals surface area contributed by atoms with Gasteiger partial charge in [-0.3, -0.25) is 19.3 Å². The Hall–Kier alpha value is -2.06. The van der Waals surface area contributed by atoms with Crippen LogP contribution in [0.25, 0.3) is 4.96 Å². The van der Waals surface area contributed by atoms with Gasteiger partial charge in [0.25, 0.3) is 11.5 Å². The Morgan fingerprint density at radius 3 is 3.00 bits per heavy atom. The van der Waals surface area contributed by atoms with Gasteiger partial charge in [0.15, 0.2) is 10.1 Å². The number of anilines is 1. The molecule has 0 aliphatic carbocycles. The van der Waals surface area contributed by atoms with Crippen LogP contribution in [0.4, 0.5) is 5.13 Å². The maximum atomic E-state index is 12.1. The molecule has 0 bridgehead atoms. The molecule has 96 valence electrons. The van der Waals surface area contributed by atoms with E-state index in [9.17, 15) is 9.59 Å². The van der Waals surface area contributed by atoms with Crippen molar-refractivity contribution in [2.75, 3.05) is 5.32 Å². The number of carbonyl (C=O) groups is 1. The maximum absolute atomic E-state index is 12.1.